The molecule has 1 saturated heterocycles. The lowest BCUT2D eigenvalue weighted by Crippen LogP contribution is -2.48. The van der Waals surface area contributed by atoms with Crippen molar-refractivity contribution in [1.82, 2.24) is 4.90 Å². The Morgan fingerprint density at radius 1 is 1.17 bits per heavy atom. The van der Waals surface area contributed by atoms with Crippen LogP contribution in [0.4, 0.5) is 0 Å². The molecule has 1 aliphatic rings. The van der Waals surface area contributed by atoms with Crippen molar-refractivity contribution in [3.05, 3.63) is 81.6 Å². The Bertz CT molecular complexity index is 1090. The van der Waals surface area contributed by atoms with Gasteiger partial charge in [0.1, 0.15) is 6.07 Å². The highest BCUT2D eigenvalue weighted by Gasteiger charge is 2.32. The summed E-state index contributed by atoms with van der Waals surface area (Å²) in [6.45, 7) is 4.64. The first kappa shape index (κ1) is 19.9. The number of nitrogens with zero attached hydrogens (tertiary/aromatic N) is 3. The maximum Gasteiger partial charge on any atom is 0.253 e. The van der Waals surface area contributed by atoms with Crippen LogP contribution < -0.4 is 5.73 Å². The summed E-state index contributed by atoms with van der Waals surface area (Å²) in [5, 5.41) is 26.5. The van der Waals surface area contributed by atoms with E-state index >= 15 is 0 Å². The molecule has 0 aliphatic carbocycles. The van der Waals surface area contributed by atoms with Crippen LogP contribution in [0, 0.1) is 35.0 Å². The van der Waals surface area contributed by atoms with E-state index in [0.29, 0.717) is 29.8 Å². The monoisotopic (exact) mass is 383 g/mol. The molecule has 29 heavy (non-hydrogen) atoms. The number of hydrogen-bond acceptors (Lipinski definition) is 5. The van der Waals surface area contributed by atoms with Gasteiger partial charge in [-0.05, 0) is 49.2 Å². The van der Waals surface area contributed by atoms with E-state index in [1.807, 2.05) is 25.1 Å². The number of carbonyl (C=O) groups is 1. The number of amides is 1. The van der Waals surface area contributed by atoms with Gasteiger partial charge in [-0.15, -0.1) is 0 Å². The molecule has 0 spiro atoms. The lowest BCUT2D eigenvalue weighted by molar-refractivity contribution is 0.0602. The van der Waals surface area contributed by atoms with E-state index in [2.05, 4.69) is 6.07 Å². The van der Waals surface area contributed by atoms with Crippen LogP contribution in [0.2, 0.25) is 0 Å². The number of nitrogens with one attached hydrogen (secondary N) is 1. The van der Waals surface area contributed by atoms with Gasteiger partial charge < -0.3 is 10.6 Å². The summed E-state index contributed by atoms with van der Waals surface area (Å²) in [5.74, 6) is 0.152. The highest BCUT2D eigenvalue weighted by atomic mass is 16.2. The first-order chi connectivity index (χ1) is 13.8. The Hall–Kier alpha value is -3.90. The average Bonchev–Trinajstić information content (AvgIpc) is 2.67. The topological polar surface area (TPSA) is 118 Å². The van der Waals surface area contributed by atoms with Gasteiger partial charge in [0.05, 0.1) is 22.9 Å². The Balaban J connectivity index is 1.76. The van der Waals surface area contributed by atoms with Crippen molar-refractivity contribution in [2.75, 3.05) is 13.1 Å². The van der Waals surface area contributed by atoms with Gasteiger partial charge in [-0.1, -0.05) is 18.2 Å². The standard InChI is InChI=1S/C23H21N5O/c1-14-3-6-18(9-20(14)22(27)21(11-25)15(2)26)23(29)28-12-19(13-28)17-7-4-16(10-24)5-8-17/h3-9,19,27H,12-13,26H2,1-2H3/b21-15-,27-22?. The second kappa shape index (κ2) is 8.00. The van der Waals surface area contributed by atoms with Crippen LogP contribution in [-0.4, -0.2) is 29.6 Å². The highest BCUT2D eigenvalue weighted by Crippen LogP contribution is 2.29. The van der Waals surface area contributed by atoms with Gasteiger partial charge in [0.15, 0.2) is 0 Å². The predicted molar refractivity (Wildman–Crippen MR) is 110 cm³/mol. The van der Waals surface area contributed by atoms with Gasteiger partial charge in [0.25, 0.3) is 5.91 Å². The normalized spacial score (nSPS) is 14.3. The quantitative estimate of drug-likeness (QED) is 0.622. The predicted octanol–water partition coefficient (Wildman–Crippen LogP) is 3.23. The molecule has 3 N–H and O–H groups in total. The second-order valence-electron chi connectivity index (χ2n) is 7.22. The number of allylic oxidation sites excluding steroid dienone is 2. The van der Waals surface area contributed by atoms with Crippen molar-refractivity contribution in [2.45, 2.75) is 19.8 Å². The molecule has 0 atom stereocenters. The van der Waals surface area contributed by atoms with Crippen molar-refractivity contribution in [3.8, 4) is 12.1 Å². The number of hydrogen-bond donors (Lipinski definition) is 2. The number of carbonyl (C=O) groups excluding carboxylic acids is 1. The highest BCUT2D eigenvalue weighted by molar-refractivity contribution is 6.15. The SMILES string of the molecule is C/C(N)=C(\C#N)C(=N)c1cc(C(=O)N2CC(c3ccc(C#N)cc3)C2)ccc1C. The molecule has 0 radical (unpaired) electrons. The minimum absolute atomic E-state index is 0.0266. The fourth-order valence-corrected chi connectivity index (χ4v) is 3.37. The third-order valence-corrected chi connectivity index (χ3v) is 5.19. The smallest absolute Gasteiger partial charge is 0.253 e. The Kier molecular flexibility index (Phi) is 5.47. The summed E-state index contributed by atoms with van der Waals surface area (Å²) >= 11 is 0. The van der Waals surface area contributed by atoms with Crippen molar-refractivity contribution < 1.29 is 4.79 Å². The van der Waals surface area contributed by atoms with Gasteiger partial charge in [0.2, 0.25) is 0 Å². The molecule has 0 aromatic heterocycles. The summed E-state index contributed by atoms with van der Waals surface area (Å²) in [5.41, 5.74) is 9.70. The molecule has 1 amide bonds. The van der Waals surface area contributed by atoms with Gasteiger partial charge in [-0.3, -0.25) is 10.2 Å². The van der Waals surface area contributed by atoms with Gasteiger partial charge in [-0.2, -0.15) is 10.5 Å². The third kappa shape index (κ3) is 3.88. The molecule has 2 aromatic carbocycles. The summed E-state index contributed by atoms with van der Waals surface area (Å²) in [4.78, 5) is 14.6. The molecule has 3 rings (SSSR count). The Morgan fingerprint density at radius 2 is 1.83 bits per heavy atom. The molecule has 0 unspecified atom stereocenters. The van der Waals surface area contributed by atoms with E-state index in [-0.39, 0.29) is 28.8 Å². The van der Waals surface area contributed by atoms with Gasteiger partial charge in [-0.25, -0.2) is 0 Å². The fraction of sp³-hybridized carbons (Fsp3) is 0.217. The first-order valence-corrected chi connectivity index (χ1v) is 9.21. The number of aryl methyl sites for hydroxylation is 1. The van der Waals surface area contributed by atoms with Crippen molar-refractivity contribution in [2.24, 2.45) is 5.73 Å². The lowest BCUT2D eigenvalue weighted by atomic mass is 9.89. The van der Waals surface area contributed by atoms with E-state index in [4.69, 9.17) is 16.4 Å². The Labute approximate surface area is 170 Å². The maximum absolute atomic E-state index is 12.9. The maximum atomic E-state index is 12.9. The van der Waals surface area contributed by atoms with Crippen molar-refractivity contribution in [3.63, 3.8) is 0 Å². The van der Waals surface area contributed by atoms with E-state index in [9.17, 15) is 10.1 Å². The molecule has 6 nitrogen and oxygen atoms in total. The van der Waals surface area contributed by atoms with Crippen LogP contribution >= 0.6 is 0 Å². The van der Waals surface area contributed by atoms with Crippen molar-refractivity contribution in [1.29, 1.82) is 15.9 Å². The van der Waals surface area contributed by atoms with Crippen LogP contribution in [-0.2, 0) is 0 Å². The van der Waals surface area contributed by atoms with Crippen LogP contribution in [0.3, 0.4) is 0 Å². The first-order valence-electron chi connectivity index (χ1n) is 9.21. The van der Waals surface area contributed by atoms with Crippen LogP contribution in [0.15, 0.2) is 53.7 Å². The third-order valence-electron chi connectivity index (χ3n) is 5.19. The molecule has 1 aliphatic heterocycles. The lowest BCUT2D eigenvalue weighted by Gasteiger charge is -2.39. The minimum atomic E-state index is -0.101. The van der Waals surface area contributed by atoms with Crippen LogP contribution in [0.25, 0.3) is 0 Å². The molecule has 6 heteroatoms. The summed E-state index contributed by atoms with van der Waals surface area (Å²) in [7, 11) is 0. The van der Waals surface area contributed by atoms with Crippen LogP contribution in [0.1, 0.15) is 45.5 Å². The van der Waals surface area contributed by atoms with Crippen molar-refractivity contribution >= 4 is 11.6 Å². The zero-order valence-electron chi connectivity index (χ0n) is 16.4. The number of nitrogens with two attached hydrogens (primary N) is 1. The molecule has 1 fully saturated rings. The zero-order valence-corrected chi connectivity index (χ0v) is 16.4. The fourth-order valence-electron chi connectivity index (χ4n) is 3.37. The summed E-state index contributed by atoms with van der Waals surface area (Å²) in [6.07, 6.45) is 0. The van der Waals surface area contributed by atoms with Crippen LogP contribution in [0.5, 0.6) is 0 Å². The number of benzene rings is 2. The van der Waals surface area contributed by atoms with E-state index in [0.717, 1.165) is 11.1 Å². The Morgan fingerprint density at radius 3 is 2.38 bits per heavy atom. The number of nitriles is 2. The number of rotatable bonds is 4. The molecule has 0 saturated carbocycles. The molecular formula is C23H21N5O. The number of likely N-dealkylation sites (tertiary alicyclic amines) is 1. The van der Waals surface area contributed by atoms with Gasteiger partial charge >= 0.3 is 0 Å². The van der Waals surface area contributed by atoms with Gasteiger partial charge in [0, 0.05) is 35.8 Å². The molecule has 2 aromatic rings. The summed E-state index contributed by atoms with van der Waals surface area (Å²) < 4.78 is 0. The second-order valence-corrected chi connectivity index (χ2v) is 7.22. The average molecular weight is 383 g/mol. The zero-order chi connectivity index (χ0) is 21.1. The molecule has 1 heterocycles. The largest absolute Gasteiger partial charge is 0.401 e. The van der Waals surface area contributed by atoms with E-state index in [1.54, 1.807) is 42.2 Å². The molecule has 0 bridgehead atoms. The van der Waals surface area contributed by atoms with E-state index in [1.165, 1.54) is 0 Å². The molecular weight excluding hydrogens is 362 g/mol. The van der Waals surface area contributed by atoms with E-state index < -0.39 is 0 Å². The minimum Gasteiger partial charge on any atom is -0.401 e. The molecule has 144 valence electrons. The summed E-state index contributed by atoms with van der Waals surface area (Å²) in [6, 6.07) is 16.7.